The molecule has 0 bridgehead atoms. The molecule has 0 rings (SSSR count). The summed E-state index contributed by atoms with van der Waals surface area (Å²) in [4.78, 5) is 2.46. The summed E-state index contributed by atoms with van der Waals surface area (Å²) in [5, 5.41) is 3.41. The average Bonchev–Trinajstić information content (AvgIpc) is 2.21. The summed E-state index contributed by atoms with van der Waals surface area (Å²) >= 11 is 1.92. The highest BCUT2D eigenvalue weighted by Gasteiger charge is 2.15. The third-order valence-electron chi connectivity index (χ3n) is 2.88. The van der Waals surface area contributed by atoms with E-state index in [0.29, 0.717) is 6.04 Å². The fourth-order valence-electron chi connectivity index (χ4n) is 1.42. The topological polar surface area (TPSA) is 15.3 Å². The minimum atomic E-state index is 0.668. The standard InChI is InChI=1S/C11H26N2S/c1-6-12-9-10(2)11(3)13(4)7-8-14-5/h10-12H,6-9H2,1-5H3. The number of rotatable bonds is 8. The van der Waals surface area contributed by atoms with Gasteiger partial charge in [0.25, 0.3) is 0 Å². The van der Waals surface area contributed by atoms with E-state index in [2.05, 4.69) is 44.3 Å². The van der Waals surface area contributed by atoms with Crippen LogP contribution >= 0.6 is 11.8 Å². The number of nitrogens with one attached hydrogen (secondary N) is 1. The predicted octanol–water partition coefficient (Wildman–Crippen LogP) is 1.92. The van der Waals surface area contributed by atoms with E-state index in [1.54, 1.807) is 0 Å². The lowest BCUT2D eigenvalue weighted by molar-refractivity contribution is 0.207. The van der Waals surface area contributed by atoms with Crippen molar-refractivity contribution in [2.45, 2.75) is 26.8 Å². The number of nitrogens with zero attached hydrogens (tertiary/aromatic N) is 1. The molecule has 2 unspecified atom stereocenters. The minimum absolute atomic E-state index is 0.668. The molecule has 1 N–H and O–H groups in total. The molecule has 0 spiro atoms. The molecule has 0 aliphatic carbocycles. The molecule has 0 fully saturated rings. The molecule has 0 aromatic rings. The maximum Gasteiger partial charge on any atom is 0.0102 e. The normalized spacial score (nSPS) is 15.9. The Morgan fingerprint density at radius 3 is 2.50 bits per heavy atom. The molecule has 0 aliphatic heterocycles. The summed E-state index contributed by atoms with van der Waals surface area (Å²) in [5.74, 6) is 1.95. The lowest BCUT2D eigenvalue weighted by Gasteiger charge is -2.29. The van der Waals surface area contributed by atoms with E-state index < -0.39 is 0 Å². The smallest absolute Gasteiger partial charge is 0.0102 e. The fourth-order valence-corrected chi connectivity index (χ4v) is 1.89. The molecule has 0 aromatic carbocycles. The van der Waals surface area contributed by atoms with Crippen molar-refractivity contribution in [3.05, 3.63) is 0 Å². The Kier molecular flexibility index (Phi) is 8.73. The van der Waals surface area contributed by atoms with Crippen LogP contribution in [0.1, 0.15) is 20.8 Å². The zero-order chi connectivity index (χ0) is 11.0. The molecular weight excluding hydrogens is 192 g/mol. The van der Waals surface area contributed by atoms with Crippen LogP contribution in [-0.4, -0.2) is 49.6 Å². The molecule has 0 amide bonds. The van der Waals surface area contributed by atoms with E-state index in [1.807, 2.05) is 11.8 Å². The molecule has 14 heavy (non-hydrogen) atoms. The molecular formula is C11H26N2S. The zero-order valence-corrected chi connectivity index (χ0v) is 11.2. The highest BCUT2D eigenvalue weighted by atomic mass is 32.2. The van der Waals surface area contributed by atoms with Crippen LogP contribution in [0.2, 0.25) is 0 Å². The molecule has 2 nitrogen and oxygen atoms in total. The van der Waals surface area contributed by atoms with Gasteiger partial charge in [0.15, 0.2) is 0 Å². The maximum absolute atomic E-state index is 3.41. The number of thioether (sulfide) groups is 1. The van der Waals surface area contributed by atoms with Gasteiger partial charge < -0.3 is 10.2 Å². The van der Waals surface area contributed by atoms with Gasteiger partial charge in [-0.25, -0.2) is 0 Å². The Bertz CT molecular complexity index is 116. The second-order valence-electron chi connectivity index (χ2n) is 4.00. The van der Waals surface area contributed by atoms with Gasteiger partial charge in [-0.05, 0) is 39.2 Å². The number of hydrogen-bond donors (Lipinski definition) is 1. The van der Waals surface area contributed by atoms with Gasteiger partial charge in [-0.1, -0.05) is 13.8 Å². The van der Waals surface area contributed by atoms with Crippen LogP contribution in [0, 0.1) is 5.92 Å². The van der Waals surface area contributed by atoms with Gasteiger partial charge in [-0.3, -0.25) is 0 Å². The summed E-state index contributed by atoms with van der Waals surface area (Å²) in [6.45, 7) is 10.2. The fraction of sp³-hybridized carbons (Fsp3) is 1.00. The van der Waals surface area contributed by atoms with Crippen LogP contribution in [0.25, 0.3) is 0 Å². The van der Waals surface area contributed by atoms with E-state index in [1.165, 1.54) is 12.3 Å². The van der Waals surface area contributed by atoms with Crippen molar-refractivity contribution in [1.29, 1.82) is 0 Å². The van der Waals surface area contributed by atoms with Gasteiger partial charge in [0.2, 0.25) is 0 Å². The van der Waals surface area contributed by atoms with Crippen LogP contribution < -0.4 is 5.32 Å². The lowest BCUT2D eigenvalue weighted by atomic mass is 10.0. The van der Waals surface area contributed by atoms with Gasteiger partial charge in [-0.2, -0.15) is 11.8 Å². The molecule has 0 aliphatic rings. The molecule has 86 valence electrons. The van der Waals surface area contributed by atoms with E-state index in [0.717, 1.165) is 19.0 Å². The summed E-state index contributed by atoms with van der Waals surface area (Å²) < 4.78 is 0. The monoisotopic (exact) mass is 218 g/mol. The van der Waals surface area contributed by atoms with Crippen molar-refractivity contribution < 1.29 is 0 Å². The second-order valence-corrected chi connectivity index (χ2v) is 4.98. The van der Waals surface area contributed by atoms with Crippen LogP contribution in [0.3, 0.4) is 0 Å². The van der Waals surface area contributed by atoms with Crippen molar-refractivity contribution in [2.75, 3.05) is 38.7 Å². The van der Waals surface area contributed by atoms with E-state index >= 15 is 0 Å². The molecule has 0 radical (unpaired) electrons. The van der Waals surface area contributed by atoms with Crippen LogP contribution in [-0.2, 0) is 0 Å². The summed E-state index contributed by atoms with van der Waals surface area (Å²) in [6.07, 6.45) is 2.17. The van der Waals surface area contributed by atoms with Gasteiger partial charge in [0.1, 0.15) is 0 Å². The van der Waals surface area contributed by atoms with Gasteiger partial charge >= 0.3 is 0 Å². The average molecular weight is 218 g/mol. The first-order valence-corrected chi connectivity index (χ1v) is 6.92. The highest BCUT2D eigenvalue weighted by Crippen LogP contribution is 2.08. The van der Waals surface area contributed by atoms with Gasteiger partial charge in [0.05, 0.1) is 0 Å². The van der Waals surface area contributed by atoms with Crippen LogP contribution in [0.5, 0.6) is 0 Å². The van der Waals surface area contributed by atoms with Crippen LogP contribution in [0.4, 0.5) is 0 Å². The molecule has 0 aromatic heterocycles. The lowest BCUT2D eigenvalue weighted by Crippen LogP contribution is -2.39. The second kappa shape index (κ2) is 8.57. The van der Waals surface area contributed by atoms with Crippen molar-refractivity contribution in [3.8, 4) is 0 Å². The maximum atomic E-state index is 3.41. The first-order chi connectivity index (χ1) is 6.63. The van der Waals surface area contributed by atoms with Gasteiger partial charge in [-0.15, -0.1) is 0 Å². The largest absolute Gasteiger partial charge is 0.317 e. The van der Waals surface area contributed by atoms with E-state index in [4.69, 9.17) is 0 Å². The van der Waals surface area contributed by atoms with Crippen molar-refractivity contribution >= 4 is 11.8 Å². The predicted molar refractivity (Wildman–Crippen MR) is 68.2 cm³/mol. The molecule has 2 atom stereocenters. The molecule has 3 heteroatoms. The first-order valence-electron chi connectivity index (χ1n) is 5.53. The molecule has 0 heterocycles. The van der Waals surface area contributed by atoms with E-state index in [9.17, 15) is 0 Å². The zero-order valence-electron chi connectivity index (χ0n) is 10.3. The van der Waals surface area contributed by atoms with Crippen LogP contribution in [0.15, 0.2) is 0 Å². The minimum Gasteiger partial charge on any atom is -0.317 e. The Balaban J connectivity index is 3.72. The van der Waals surface area contributed by atoms with Crippen molar-refractivity contribution in [3.63, 3.8) is 0 Å². The summed E-state index contributed by atoms with van der Waals surface area (Å²) in [6, 6.07) is 0.668. The Hall–Kier alpha value is 0.270. The molecule has 0 saturated heterocycles. The van der Waals surface area contributed by atoms with Crippen molar-refractivity contribution in [2.24, 2.45) is 5.92 Å². The third kappa shape index (κ3) is 5.89. The first kappa shape index (κ1) is 14.3. The SMILES string of the molecule is CCNCC(C)C(C)N(C)CCSC. The van der Waals surface area contributed by atoms with E-state index in [-0.39, 0.29) is 0 Å². The summed E-state index contributed by atoms with van der Waals surface area (Å²) in [7, 11) is 2.23. The Morgan fingerprint density at radius 2 is 2.00 bits per heavy atom. The third-order valence-corrected chi connectivity index (χ3v) is 3.47. The molecule has 0 saturated carbocycles. The highest BCUT2D eigenvalue weighted by molar-refractivity contribution is 7.98. The number of hydrogen-bond acceptors (Lipinski definition) is 3. The Labute approximate surface area is 93.8 Å². The Morgan fingerprint density at radius 1 is 1.36 bits per heavy atom. The summed E-state index contributed by atoms with van der Waals surface area (Å²) in [5.41, 5.74) is 0. The van der Waals surface area contributed by atoms with Crippen molar-refractivity contribution in [1.82, 2.24) is 10.2 Å². The van der Waals surface area contributed by atoms with Gasteiger partial charge in [0, 0.05) is 18.3 Å². The quantitative estimate of drug-likeness (QED) is 0.670.